The molecule has 1 unspecified atom stereocenters. The van der Waals surface area contributed by atoms with Gasteiger partial charge in [-0.3, -0.25) is 0 Å². The Kier molecular flexibility index (Phi) is 3.86. The van der Waals surface area contributed by atoms with E-state index < -0.39 is 0 Å². The zero-order valence-corrected chi connectivity index (χ0v) is 12.7. The van der Waals surface area contributed by atoms with E-state index in [0.717, 1.165) is 6.42 Å². The first-order valence-electron chi connectivity index (χ1n) is 6.97. The summed E-state index contributed by atoms with van der Waals surface area (Å²) in [5.74, 6) is 0. The highest BCUT2D eigenvalue weighted by Crippen LogP contribution is 2.31. The molecule has 0 aliphatic rings. The Morgan fingerprint density at radius 2 is 1.80 bits per heavy atom. The lowest BCUT2D eigenvalue weighted by Crippen LogP contribution is -2.17. The Hall–Kier alpha value is -1.64. The molecule has 1 atom stereocenters. The Morgan fingerprint density at radius 3 is 2.50 bits per heavy atom. The zero-order chi connectivity index (χ0) is 13.9. The molecule has 0 spiro atoms. The van der Waals surface area contributed by atoms with Crippen LogP contribution in [0.2, 0.25) is 0 Å². The van der Waals surface area contributed by atoms with Gasteiger partial charge in [0, 0.05) is 15.6 Å². The van der Waals surface area contributed by atoms with Gasteiger partial charge < -0.3 is 5.32 Å². The lowest BCUT2D eigenvalue weighted by atomic mass is 10.0. The largest absolute Gasteiger partial charge is 0.312 e. The monoisotopic (exact) mass is 281 g/mol. The summed E-state index contributed by atoms with van der Waals surface area (Å²) in [6, 6.07) is 20.1. The molecule has 1 aromatic heterocycles. The molecular formula is C18H19NS. The topological polar surface area (TPSA) is 12.0 Å². The van der Waals surface area contributed by atoms with Gasteiger partial charge in [0.1, 0.15) is 0 Å². The first-order valence-corrected chi connectivity index (χ1v) is 7.79. The van der Waals surface area contributed by atoms with Crippen LogP contribution in [0.15, 0.2) is 54.6 Å². The number of likely N-dealkylation sites (N-methyl/N-ethyl adjacent to an activating group) is 1. The van der Waals surface area contributed by atoms with Crippen LogP contribution in [0.25, 0.3) is 10.1 Å². The van der Waals surface area contributed by atoms with Crippen molar-refractivity contribution in [2.24, 2.45) is 0 Å². The highest BCUT2D eigenvalue weighted by Gasteiger charge is 2.13. The predicted molar refractivity (Wildman–Crippen MR) is 88.5 cm³/mol. The van der Waals surface area contributed by atoms with Crippen LogP contribution in [0.5, 0.6) is 0 Å². The Morgan fingerprint density at radius 1 is 1.05 bits per heavy atom. The molecule has 0 amide bonds. The maximum Gasteiger partial charge on any atom is 0.0453 e. The molecule has 1 nitrogen and oxygen atoms in total. The first kappa shape index (κ1) is 13.3. The van der Waals surface area contributed by atoms with Crippen molar-refractivity contribution in [3.8, 4) is 0 Å². The Bertz CT molecular complexity index is 664. The second-order valence-electron chi connectivity index (χ2n) is 5.22. The summed E-state index contributed by atoms with van der Waals surface area (Å²) in [4.78, 5) is 1.41. The van der Waals surface area contributed by atoms with Crippen LogP contribution in [0.4, 0.5) is 0 Å². The molecule has 2 heteroatoms. The molecule has 0 aliphatic carbocycles. The van der Waals surface area contributed by atoms with Gasteiger partial charge in [0.2, 0.25) is 0 Å². The Balaban J connectivity index is 1.87. The molecule has 3 aromatic rings. The normalized spacial score (nSPS) is 12.7. The van der Waals surface area contributed by atoms with Crippen molar-refractivity contribution in [3.63, 3.8) is 0 Å². The van der Waals surface area contributed by atoms with Crippen molar-refractivity contribution >= 4 is 21.4 Å². The minimum absolute atomic E-state index is 0.384. The third kappa shape index (κ3) is 2.77. The van der Waals surface area contributed by atoms with E-state index in [9.17, 15) is 0 Å². The number of thiophene rings is 1. The highest BCUT2D eigenvalue weighted by molar-refractivity contribution is 7.19. The number of rotatable bonds is 4. The van der Waals surface area contributed by atoms with Crippen molar-refractivity contribution in [2.75, 3.05) is 7.05 Å². The van der Waals surface area contributed by atoms with Crippen molar-refractivity contribution in [1.29, 1.82) is 0 Å². The zero-order valence-electron chi connectivity index (χ0n) is 11.9. The molecule has 20 heavy (non-hydrogen) atoms. The molecule has 0 saturated carbocycles. The van der Waals surface area contributed by atoms with E-state index in [1.807, 2.05) is 18.4 Å². The number of hydrogen-bond donors (Lipinski definition) is 1. The second-order valence-corrected chi connectivity index (χ2v) is 6.33. The highest BCUT2D eigenvalue weighted by atomic mass is 32.1. The number of aryl methyl sites for hydroxylation is 1. The van der Waals surface area contributed by atoms with Crippen LogP contribution in [-0.4, -0.2) is 7.05 Å². The predicted octanol–water partition coefficient (Wildman–Crippen LogP) is 4.71. The maximum absolute atomic E-state index is 3.45. The van der Waals surface area contributed by atoms with Gasteiger partial charge in [-0.15, -0.1) is 11.3 Å². The molecule has 1 N–H and O–H groups in total. The average Bonchev–Trinajstić information content (AvgIpc) is 2.90. The van der Waals surface area contributed by atoms with E-state index in [-0.39, 0.29) is 0 Å². The van der Waals surface area contributed by atoms with Crippen LogP contribution in [0, 0.1) is 6.92 Å². The van der Waals surface area contributed by atoms with Gasteiger partial charge in [-0.1, -0.05) is 48.0 Å². The van der Waals surface area contributed by atoms with Gasteiger partial charge in [-0.25, -0.2) is 0 Å². The van der Waals surface area contributed by atoms with E-state index in [1.54, 1.807) is 0 Å². The smallest absolute Gasteiger partial charge is 0.0453 e. The number of hydrogen-bond acceptors (Lipinski definition) is 2. The van der Waals surface area contributed by atoms with Crippen molar-refractivity contribution in [1.82, 2.24) is 5.32 Å². The summed E-state index contributed by atoms with van der Waals surface area (Å²) in [7, 11) is 2.04. The molecule has 3 rings (SSSR count). The summed E-state index contributed by atoms with van der Waals surface area (Å²) < 4.78 is 1.37. The van der Waals surface area contributed by atoms with Gasteiger partial charge in [0.25, 0.3) is 0 Å². The number of nitrogens with one attached hydrogen (secondary N) is 1. The quantitative estimate of drug-likeness (QED) is 0.730. The summed E-state index contributed by atoms with van der Waals surface area (Å²) in [6.07, 6.45) is 1.03. The number of benzene rings is 2. The molecular weight excluding hydrogens is 262 g/mol. The van der Waals surface area contributed by atoms with E-state index in [1.165, 1.54) is 26.1 Å². The molecule has 0 radical (unpaired) electrons. The van der Waals surface area contributed by atoms with Crippen LogP contribution in [0.3, 0.4) is 0 Å². The van der Waals surface area contributed by atoms with E-state index in [0.29, 0.717) is 6.04 Å². The fourth-order valence-corrected chi connectivity index (χ4v) is 3.65. The van der Waals surface area contributed by atoms with Gasteiger partial charge in [0.05, 0.1) is 0 Å². The van der Waals surface area contributed by atoms with Crippen LogP contribution in [-0.2, 0) is 6.42 Å². The van der Waals surface area contributed by atoms with Crippen LogP contribution >= 0.6 is 11.3 Å². The second kappa shape index (κ2) is 5.78. The first-order chi connectivity index (χ1) is 9.76. The fourth-order valence-electron chi connectivity index (χ4n) is 2.48. The van der Waals surface area contributed by atoms with Crippen molar-refractivity contribution < 1.29 is 0 Å². The molecule has 0 saturated heterocycles. The number of fused-ring (bicyclic) bond motifs is 1. The summed E-state index contributed by atoms with van der Waals surface area (Å²) in [5, 5.41) is 4.80. The summed E-state index contributed by atoms with van der Waals surface area (Å²) in [6.45, 7) is 2.13. The van der Waals surface area contributed by atoms with Crippen molar-refractivity contribution in [3.05, 3.63) is 70.6 Å². The Labute approximate surface area is 124 Å². The van der Waals surface area contributed by atoms with Crippen LogP contribution in [0.1, 0.15) is 22.0 Å². The molecule has 0 fully saturated rings. The molecule has 102 valence electrons. The summed E-state index contributed by atoms with van der Waals surface area (Å²) >= 11 is 1.89. The van der Waals surface area contributed by atoms with Gasteiger partial charge >= 0.3 is 0 Å². The molecule has 0 aliphatic heterocycles. The van der Waals surface area contributed by atoms with Crippen LogP contribution < -0.4 is 5.32 Å². The minimum atomic E-state index is 0.384. The van der Waals surface area contributed by atoms with Gasteiger partial charge in [-0.2, -0.15) is 0 Å². The van der Waals surface area contributed by atoms with Gasteiger partial charge in [0.15, 0.2) is 0 Å². The molecule has 2 aromatic carbocycles. The fraction of sp³-hybridized carbons (Fsp3) is 0.222. The lowest BCUT2D eigenvalue weighted by molar-refractivity contribution is 0.602. The molecule has 1 heterocycles. The maximum atomic E-state index is 3.45. The summed E-state index contributed by atoms with van der Waals surface area (Å²) in [5.41, 5.74) is 2.70. The minimum Gasteiger partial charge on any atom is -0.312 e. The van der Waals surface area contributed by atoms with Crippen molar-refractivity contribution in [2.45, 2.75) is 19.4 Å². The van der Waals surface area contributed by atoms with E-state index >= 15 is 0 Å². The van der Waals surface area contributed by atoms with E-state index in [2.05, 4.69) is 66.8 Å². The van der Waals surface area contributed by atoms with Gasteiger partial charge in [-0.05, 0) is 43.5 Å². The molecule has 0 bridgehead atoms. The average molecular weight is 281 g/mol. The SMILES string of the molecule is CNC(Cc1ccc(C)cc1)c1cc2ccccc2s1. The lowest BCUT2D eigenvalue weighted by Gasteiger charge is -2.14. The third-order valence-corrected chi connectivity index (χ3v) is 4.93. The van der Waals surface area contributed by atoms with E-state index in [4.69, 9.17) is 0 Å². The third-order valence-electron chi connectivity index (χ3n) is 3.70. The standard InChI is InChI=1S/C18H19NS/c1-13-7-9-14(10-8-13)11-16(19-2)18-12-15-5-3-4-6-17(15)20-18/h3-10,12,16,19H,11H2,1-2H3.